The SMILES string of the molecule is CO[C@H]1/C=C/O[C@@]2(C)Oc3c(C)c(O)c4c(c3C2=O)C(=O)C(N2CCOCC2)=C(NC(=O)/C(C)=C\C=C\[C@H](C)[C@H](O)[C@@H](C)[C@@H](O)[C@@H](C)[C@@](O)(C(=O)NCc2cc(-c3ccccn3)no2)[C@@H]1C)C4=O. The van der Waals surface area contributed by atoms with Crippen LogP contribution in [0.25, 0.3) is 11.4 Å². The minimum absolute atomic E-state index is 0.0485. The Hall–Kier alpha value is -6.51. The molecule has 0 radical (unpaired) electrons. The predicted octanol–water partition coefficient (Wildman–Crippen LogP) is 3.46. The molecule has 1 fully saturated rings. The monoisotopic (exact) mass is 939 g/mol. The number of aliphatic hydroxyl groups is 3. The smallest absolute Gasteiger partial charge is 0.312 e. The van der Waals surface area contributed by atoms with E-state index < -0.39 is 105 Å². The lowest BCUT2D eigenvalue weighted by atomic mass is 9.69. The molecule has 1 aliphatic carbocycles. The Labute approximate surface area is 392 Å². The predicted molar refractivity (Wildman–Crippen MR) is 242 cm³/mol. The second-order valence-corrected chi connectivity index (χ2v) is 17.8. The van der Waals surface area contributed by atoms with Gasteiger partial charge in [-0.05, 0) is 32.1 Å². The molecule has 6 heterocycles. The summed E-state index contributed by atoms with van der Waals surface area (Å²) in [5.41, 5.74) is -3.31. The van der Waals surface area contributed by atoms with Crippen molar-refractivity contribution < 1.29 is 67.9 Å². The maximum atomic E-state index is 14.8. The number of ketones is 3. The van der Waals surface area contributed by atoms with Crippen LogP contribution >= 0.6 is 0 Å². The Morgan fingerprint density at radius 3 is 2.37 bits per heavy atom. The number of aromatic hydroxyl groups is 1. The fourth-order valence-electron chi connectivity index (χ4n) is 9.13. The summed E-state index contributed by atoms with van der Waals surface area (Å²) >= 11 is 0. The van der Waals surface area contributed by atoms with Crippen LogP contribution in [0.5, 0.6) is 11.5 Å². The third-order valence-corrected chi connectivity index (χ3v) is 13.5. The van der Waals surface area contributed by atoms with E-state index in [4.69, 9.17) is 23.5 Å². The van der Waals surface area contributed by atoms with E-state index in [1.807, 2.05) is 0 Å². The number of morpholine rings is 1. The number of carbonyl (C=O) groups excluding carboxylic acids is 5. The number of Topliss-reactive ketones (excluding diaryl/α,β-unsaturated/α-hetero) is 3. The summed E-state index contributed by atoms with van der Waals surface area (Å²) in [7, 11) is 1.32. The van der Waals surface area contributed by atoms with Crippen molar-refractivity contribution in [2.24, 2.45) is 23.7 Å². The highest BCUT2D eigenvalue weighted by atomic mass is 16.7. The molecule has 5 bridgehead atoms. The van der Waals surface area contributed by atoms with Crippen LogP contribution in [0.1, 0.15) is 83.9 Å². The van der Waals surface area contributed by atoms with Crippen molar-refractivity contribution in [2.75, 3.05) is 33.4 Å². The third-order valence-electron chi connectivity index (χ3n) is 13.5. The molecule has 68 heavy (non-hydrogen) atoms. The van der Waals surface area contributed by atoms with Gasteiger partial charge < -0.3 is 59.4 Å². The number of methoxy groups -OCH3 is 1. The quantitative estimate of drug-likeness (QED) is 0.207. The molecule has 9 atom stereocenters. The van der Waals surface area contributed by atoms with Crippen LogP contribution in [-0.2, 0) is 30.3 Å². The average molecular weight is 940 g/mol. The Morgan fingerprint density at radius 2 is 1.69 bits per heavy atom. The van der Waals surface area contributed by atoms with Crippen LogP contribution < -0.4 is 15.4 Å². The number of rotatable bonds is 6. The van der Waals surface area contributed by atoms with Gasteiger partial charge >= 0.3 is 5.79 Å². The van der Waals surface area contributed by atoms with Gasteiger partial charge in [0.25, 0.3) is 17.6 Å². The van der Waals surface area contributed by atoms with Gasteiger partial charge in [0.05, 0.1) is 66.7 Å². The van der Waals surface area contributed by atoms with Crippen molar-refractivity contribution in [3.05, 3.63) is 106 Å². The fraction of sp³-hybridized carbons (Fsp3) is 0.449. The second-order valence-electron chi connectivity index (χ2n) is 17.8. The summed E-state index contributed by atoms with van der Waals surface area (Å²) in [6.45, 7) is 10.9. The molecule has 3 aromatic rings. The Bertz CT molecular complexity index is 2610. The van der Waals surface area contributed by atoms with Gasteiger partial charge in [-0.2, -0.15) is 0 Å². The fourth-order valence-corrected chi connectivity index (χ4v) is 9.13. The molecular weight excluding hydrogens is 883 g/mol. The largest absolute Gasteiger partial charge is 0.507 e. The minimum Gasteiger partial charge on any atom is -0.507 e. The molecule has 2 amide bonds. The average Bonchev–Trinajstić information content (AvgIpc) is 3.92. The standard InChI is InChI=1S/C49H57N5O14/c1-24-12-11-13-25(2)46(61)52-37-38(54-17-20-65-21-18-54)43(59)34-35(42(37)58)41(57)27(4)44-36(34)45(60)48(7,67-44)66-19-15-33(64-8)28(5)49(63,29(6)40(56)26(3)39(24)55)47(62)51-23-30-22-32(53-68-30)31-14-9-10-16-50-31/h9-16,19,22,24,26,28-29,33,39-40,55-57,63H,17-18,20-21,23H2,1-8H3,(H,51,62)(H,52,61)/b12-11+,19-15+,25-13-/t24-,26+,28+,29+,33-,39-,40+,48-,49+/m0/s1. The molecule has 0 spiro atoms. The van der Waals surface area contributed by atoms with E-state index in [-0.39, 0.29) is 66.8 Å². The topological polar surface area (TPSA) is 269 Å². The van der Waals surface area contributed by atoms with E-state index >= 15 is 0 Å². The number of benzene rings is 1. The Morgan fingerprint density at radius 1 is 0.971 bits per heavy atom. The lowest BCUT2D eigenvalue weighted by Gasteiger charge is -2.43. The maximum Gasteiger partial charge on any atom is 0.312 e. The van der Waals surface area contributed by atoms with Crippen molar-refractivity contribution in [3.8, 4) is 22.9 Å². The zero-order valence-electron chi connectivity index (χ0n) is 39.1. The lowest BCUT2D eigenvalue weighted by molar-refractivity contribution is -0.173. The highest BCUT2D eigenvalue weighted by Crippen LogP contribution is 2.49. The van der Waals surface area contributed by atoms with Crippen molar-refractivity contribution >= 4 is 29.2 Å². The number of aliphatic hydroxyl groups excluding tert-OH is 2. The number of hydrogen-bond acceptors (Lipinski definition) is 17. The molecule has 2 aromatic heterocycles. The van der Waals surface area contributed by atoms with E-state index in [9.17, 15) is 44.4 Å². The highest BCUT2D eigenvalue weighted by molar-refractivity contribution is 6.32. The van der Waals surface area contributed by atoms with Gasteiger partial charge in [-0.15, -0.1) is 0 Å². The van der Waals surface area contributed by atoms with Gasteiger partial charge in [0.1, 0.15) is 28.6 Å². The summed E-state index contributed by atoms with van der Waals surface area (Å²) in [4.78, 5) is 78.0. The molecule has 0 unspecified atom stereocenters. The first-order chi connectivity index (χ1) is 32.3. The molecular formula is C49H57N5O14. The van der Waals surface area contributed by atoms with Gasteiger partial charge in [-0.25, -0.2) is 0 Å². The molecule has 19 nitrogen and oxygen atoms in total. The number of ether oxygens (including phenoxy) is 4. The Balaban J connectivity index is 1.29. The number of nitrogens with zero attached hydrogens (tertiary/aromatic N) is 3. The minimum atomic E-state index is -2.45. The van der Waals surface area contributed by atoms with Crippen molar-refractivity contribution in [3.63, 3.8) is 0 Å². The van der Waals surface area contributed by atoms with Crippen LogP contribution in [0.2, 0.25) is 0 Å². The molecule has 4 aliphatic heterocycles. The van der Waals surface area contributed by atoms with E-state index in [1.54, 1.807) is 55.3 Å². The van der Waals surface area contributed by atoms with Crippen molar-refractivity contribution in [1.29, 1.82) is 0 Å². The molecule has 19 heteroatoms. The number of amides is 2. The number of phenolic OH excluding ortho intramolecular Hbond substituents is 1. The maximum absolute atomic E-state index is 14.8. The summed E-state index contributed by atoms with van der Waals surface area (Å²) in [6, 6.07) is 6.84. The van der Waals surface area contributed by atoms with E-state index in [0.29, 0.717) is 11.4 Å². The number of hydrogen-bond donors (Lipinski definition) is 6. The zero-order chi connectivity index (χ0) is 49.4. The number of carbonyl (C=O) groups is 5. The third kappa shape index (κ3) is 8.87. The van der Waals surface area contributed by atoms with E-state index in [2.05, 4.69) is 20.8 Å². The zero-order valence-corrected chi connectivity index (χ0v) is 39.1. The van der Waals surface area contributed by atoms with Gasteiger partial charge in [-0.3, -0.25) is 29.0 Å². The van der Waals surface area contributed by atoms with Crippen LogP contribution in [-0.4, -0.2) is 128 Å². The summed E-state index contributed by atoms with van der Waals surface area (Å²) in [6.07, 6.45) is 4.59. The lowest BCUT2D eigenvalue weighted by Crippen LogP contribution is -2.61. The molecule has 6 N–H and O–H groups in total. The Kier molecular flexibility index (Phi) is 14.2. The number of aromatic nitrogens is 2. The van der Waals surface area contributed by atoms with Gasteiger partial charge in [0.2, 0.25) is 11.6 Å². The second kappa shape index (κ2) is 19.6. The van der Waals surface area contributed by atoms with Gasteiger partial charge in [0, 0.05) is 74.2 Å². The molecule has 1 aromatic carbocycles. The van der Waals surface area contributed by atoms with Crippen LogP contribution in [0.15, 0.2) is 82.5 Å². The van der Waals surface area contributed by atoms with E-state index in [1.165, 1.54) is 60.0 Å². The normalized spacial score (nSPS) is 31.1. The number of nitrogens with one attached hydrogen (secondary N) is 2. The first-order valence-electron chi connectivity index (χ1n) is 22.3. The van der Waals surface area contributed by atoms with Crippen LogP contribution in [0, 0.1) is 30.6 Å². The first-order valence-corrected chi connectivity index (χ1v) is 22.3. The van der Waals surface area contributed by atoms with Gasteiger partial charge in [-0.1, -0.05) is 57.1 Å². The molecule has 362 valence electrons. The van der Waals surface area contributed by atoms with Crippen LogP contribution in [0.3, 0.4) is 0 Å². The van der Waals surface area contributed by atoms with Crippen molar-refractivity contribution in [1.82, 2.24) is 25.7 Å². The highest BCUT2D eigenvalue weighted by Gasteiger charge is 2.55. The number of allylic oxidation sites excluding steroid dienone is 4. The molecule has 1 saturated heterocycles. The summed E-state index contributed by atoms with van der Waals surface area (Å²) in [5, 5.41) is 57.2. The van der Waals surface area contributed by atoms with Gasteiger partial charge in [0.15, 0.2) is 11.4 Å². The van der Waals surface area contributed by atoms with Crippen molar-refractivity contribution in [2.45, 2.75) is 84.7 Å². The first kappa shape index (κ1) is 49.4. The number of fused-ring (bicyclic) bond motifs is 14. The summed E-state index contributed by atoms with van der Waals surface area (Å²) < 4.78 is 28.9. The number of phenols is 1. The molecule has 5 aliphatic rings. The van der Waals surface area contributed by atoms with E-state index in [0.717, 1.165) is 6.26 Å². The molecule has 8 rings (SSSR count). The number of pyridine rings is 1. The summed E-state index contributed by atoms with van der Waals surface area (Å²) in [5.74, 6) is -11.2. The van der Waals surface area contributed by atoms with Crippen LogP contribution in [0.4, 0.5) is 0 Å². The molecule has 0 saturated carbocycles.